The minimum Gasteiger partial charge on any atom is -0.507 e. The van der Waals surface area contributed by atoms with Gasteiger partial charge in [0.1, 0.15) is 23.4 Å². The minimum atomic E-state index is -0.920. The number of alkyl carbamates (subject to hydrolysis) is 1. The molecule has 4 rings (SSSR count). The van der Waals surface area contributed by atoms with E-state index in [2.05, 4.69) is 5.32 Å². The largest absolute Gasteiger partial charge is 0.507 e. The van der Waals surface area contributed by atoms with E-state index >= 15 is 4.39 Å². The summed E-state index contributed by atoms with van der Waals surface area (Å²) in [6.07, 6.45) is 2.75. The van der Waals surface area contributed by atoms with Gasteiger partial charge in [-0.1, -0.05) is 0 Å². The van der Waals surface area contributed by atoms with Crippen LogP contribution in [-0.2, 0) is 4.74 Å². The van der Waals surface area contributed by atoms with Crippen molar-refractivity contribution in [3.05, 3.63) is 29.1 Å². The van der Waals surface area contributed by atoms with Crippen LogP contribution in [0.15, 0.2) is 12.1 Å². The molecule has 2 heterocycles. The highest BCUT2D eigenvalue weighted by molar-refractivity contribution is 5.84. The number of benzene rings is 1. The van der Waals surface area contributed by atoms with Crippen molar-refractivity contribution in [2.45, 2.75) is 77.8 Å². The Balaban J connectivity index is 1.55. The molecule has 3 atom stereocenters. The Labute approximate surface area is 188 Å². The van der Waals surface area contributed by atoms with Crippen LogP contribution in [0.2, 0.25) is 0 Å². The van der Waals surface area contributed by atoms with Gasteiger partial charge in [0.05, 0.1) is 11.4 Å². The fraction of sp³-hybridized carbons (Fsp3) is 0.625. The Hall–Kier alpha value is -2.48. The first-order valence-corrected chi connectivity index (χ1v) is 11.4. The van der Waals surface area contributed by atoms with E-state index in [-0.39, 0.29) is 29.6 Å². The molecule has 1 aromatic carbocycles. The molecule has 8 heteroatoms. The molecule has 3 aliphatic rings. The highest BCUT2D eigenvalue weighted by Gasteiger charge is 2.40. The van der Waals surface area contributed by atoms with E-state index in [1.165, 1.54) is 12.1 Å². The fourth-order valence-corrected chi connectivity index (χ4v) is 4.88. The molecule has 1 aliphatic carbocycles. The standard InChI is InChI=1S/C24H34FN3O4/c1-13-21-17(19(29)11-20(30)28(21)16-6-7-16)10-18(25)22(13)27-9-8-15(12-27)14(2)26-23(31)32-24(3,4)5/h10-11,14-16,20,29-30H,6-9,12H2,1-5H3,(H,26,31)/t14-,15+,20?/m0/s1. The van der Waals surface area contributed by atoms with Crippen molar-refractivity contribution in [3.63, 3.8) is 0 Å². The number of ether oxygens (including phenoxy) is 1. The van der Waals surface area contributed by atoms with E-state index < -0.39 is 17.9 Å². The lowest BCUT2D eigenvalue weighted by Crippen LogP contribution is -2.42. The Bertz CT molecular complexity index is 938. The molecule has 1 saturated carbocycles. The number of carbonyl (C=O) groups is 1. The van der Waals surface area contributed by atoms with Crippen LogP contribution in [0.25, 0.3) is 5.76 Å². The van der Waals surface area contributed by atoms with Crippen LogP contribution in [0.3, 0.4) is 0 Å². The van der Waals surface area contributed by atoms with Crippen LogP contribution in [0.4, 0.5) is 20.6 Å². The van der Waals surface area contributed by atoms with Gasteiger partial charge in [0, 0.05) is 36.8 Å². The van der Waals surface area contributed by atoms with Gasteiger partial charge in [-0.3, -0.25) is 0 Å². The van der Waals surface area contributed by atoms with E-state index in [1.54, 1.807) is 0 Å². The molecule has 32 heavy (non-hydrogen) atoms. The second kappa shape index (κ2) is 8.14. The van der Waals surface area contributed by atoms with Crippen molar-refractivity contribution in [2.75, 3.05) is 22.9 Å². The predicted octanol–water partition coefficient (Wildman–Crippen LogP) is 4.07. The molecule has 0 radical (unpaired) electrons. The number of fused-ring (bicyclic) bond motifs is 1. The number of halogens is 1. The average Bonchev–Trinajstić information content (AvgIpc) is 3.37. The van der Waals surface area contributed by atoms with Crippen LogP contribution in [0.5, 0.6) is 0 Å². The molecule has 0 bridgehead atoms. The van der Waals surface area contributed by atoms with Gasteiger partial charge in [0.25, 0.3) is 0 Å². The quantitative estimate of drug-likeness (QED) is 0.645. The summed E-state index contributed by atoms with van der Waals surface area (Å²) in [4.78, 5) is 16.1. The Morgan fingerprint density at radius 3 is 2.59 bits per heavy atom. The van der Waals surface area contributed by atoms with E-state index in [1.807, 2.05) is 44.4 Å². The summed E-state index contributed by atoms with van der Waals surface area (Å²) in [6.45, 7) is 10.5. The van der Waals surface area contributed by atoms with Crippen molar-refractivity contribution < 1.29 is 24.1 Å². The van der Waals surface area contributed by atoms with Gasteiger partial charge in [-0.2, -0.15) is 0 Å². The normalized spacial score (nSPS) is 24.2. The molecule has 0 aromatic heterocycles. The lowest BCUT2D eigenvalue weighted by atomic mass is 9.97. The summed E-state index contributed by atoms with van der Waals surface area (Å²) in [5.41, 5.74) is 1.80. The van der Waals surface area contributed by atoms with Crippen molar-refractivity contribution in [2.24, 2.45) is 5.92 Å². The SMILES string of the molecule is Cc1c(N2CC[C@@H]([C@H](C)NC(=O)OC(C)(C)C)C2)c(F)cc2c1N(C1CC1)C(O)C=C2O. The van der Waals surface area contributed by atoms with E-state index in [4.69, 9.17) is 4.74 Å². The number of nitrogens with zero attached hydrogens (tertiary/aromatic N) is 2. The second-order valence-electron chi connectivity index (χ2n) is 10.3. The van der Waals surface area contributed by atoms with Crippen molar-refractivity contribution in [1.82, 2.24) is 5.32 Å². The molecule has 1 aromatic rings. The first-order chi connectivity index (χ1) is 15.0. The number of aliphatic hydroxyl groups is 2. The van der Waals surface area contributed by atoms with E-state index in [0.29, 0.717) is 30.0 Å². The maximum atomic E-state index is 15.3. The first kappa shape index (κ1) is 22.7. The van der Waals surface area contributed by atoms with Crippen LogP contribution in [-0.4, -0.2) is 53.3 Å². The van der Waals surface area contributed by atoms with Gasteiger partial charge in [0.2, 0.25) is 0 Å². The third kappa shape index (κ3) is 4.37. The monoisotopic (exact) mass is 447 g/mol. The molecule has 2 aliphatic heterocycles. The Morgan fingerprint density at radius 2 is 1.97 bits per heavy atom. The summed E-state index contributed by atoms with van der Waals surface area (Å²) in [7, 11) is 0. The number of hydrogen-bond acceptors (Lipinski definition) is 6. The fourth-order valence-electron chi connectivity index (χ4n) is 4.88. The second-order valence-corrected chi connectivity index (χ2v) is 10.3. The third-order valence-corrected chi connectivity index (χ3v) is 6.52. The molecule has 2 fully saturated rings. The minimum absolute atomic E-state index is 0.0903. The van der Waals surface area contributed by atoms with E-state index in [9.17, 15) is 15.0 Å². The summed E-state index contributed by atoms with van der Waals surface area (Å²) in [5.74, 6) is -0.329. The molecule has 3 N–H and O–H groups in total. The highest BCUT2D eigenvalue weighted by Crippen LogP contribution is 2.46. The van der Waals surface area contributed by atoms with Crippen LogP contribution < -0.4 is 15.1 Å². The molecule has 7 nitrogen and oxygen atoms in total. The number of aliphatic hydroxyl groups excluding tert-OH is 2. The summed E-state index contributed by atoms with van der Waals surface area (Å²) < 4.78 is 20.6. The highest BCUT2D eigenvalue weighted by atomic mass is 19.1. The Kier molecular flexibility index (Phi) is 5.77. The van der Waals surface area contributed by atoms with Crippen LogP contribution >= 0.6 is 0 Å². The summed E-state index contributed by atoms with van der Waals surface area (Å²) >= 11 is 0. The zero-order valence-corrected chi connectivity index (χ0v) is 19.5. The first-order valence-electron chi connectivity index (χ1n) is 11.4. The van der Waals surface area contributed by atoms with Crippen LogP contribution in [0, 0.1) is 18.7 Å². The lowest BCUT2D eigenvalue weighted by Gasteiger charge is -2.37. The number of carbonyl (C=O) groups excluding carboxylic acids is 1. The molecule has 176 valence electrons. The maximum absolute atomic E-state index is 15.3. The average molecular weight is 448 g/mol. The van der Waals surface area contributed by atoms with Gasteiger partial charge >= 0.3 is 6.09 Å². The molecule has 0 spiro atoms. The lowest BCUT2D eigenvalue weighted by molar-refractivity contribution is 0.0494. The van der Waals surface area contributed by atoms with Crippen LogP contribution in [0.1, 0.15) is 58.1 Å². The van der Waals surface area contributed by atoms with Gasteiger partial charge in [-0.05, 0) is 71.4 Å². The number of rotatable bonds is 4. The smallest absolute Gasteiger partial charge is 0.407 e. The van der Waals surface area contributed by atoms with Crippen molar-refractivity contribution in [1.29, 1.82) is 0 Å². The van der Waals surface area contributed by atoms with Crippen molar-refractivity contribution in [3.8, 4) is 0 Å². The topological polar surface area (TPSA) is 85.3 Å². The van der Waals surface area contributed by atoms with Gasteiger partial charge in [-0.15, -0.1) is 0 Å². The zero-order valence-electron chi connectivity index (χ0n) is 19.5. The number of amides is 1. The molecule has 1 unspecified atom stereocenters. The molecule has 1 saturated heterocycles. The molecular formula is C24H34FN3O4. The molecule has 1 amide bonds. The number of hydrogen-bond donors (Lipinski definition) is 3. The third-order valence-electron chi connectivity index (χ3n) is 6.52. The number of nitrogens with one attached hydrogen (secondary N) is 1. The summed E-state index contributed by atoms with van der Waals surface area (Å²) in [5, 5.41) is 23.8. The van der Waals surface area contributed by atoms with Gasteiger partial charge in [0.15, 0.2) is 0 Å². The van der Waals surface area contributed by atoms with Crippen molar-refractivity contribution >= 4 is 23.2 Å². The predicted molar refractivity (Wildman–Crippen MR) is 122 cm³/mol. The summed E-state index contributed by atoms with van der Waals surface area (Å²) in [6, 6.07) is 1.46. The Morgan fingerprint density at radius 1 is 1.28 bits per heavy atom. The maximum Gasteiger partial charge on any atom is 0.407 e. The zero-order chi connectivity index (χ0) is 23.4. The number of anilines is 2. The molecular weight excluding hydrogens is 413 g/mol. The van der Waals surface area contributed by atoms with Gasteiger partial charge < -0.3 is 30.1 Å². The van der Waals surface area contributed by atoms with E-state index in [0.717, 1.165) is 24.8 Å². The van der Waals surface area contributed by atoms with Gasteiger partial charge in [-0.25, -0.2) is 9.18 Å².